The number of fused-ring (bicyclic) bond motifs is 1. The van der Waals surface area contributed by atoms with Crippen LogP contribution in [0, 0.1) is 0 Å². The third-order valence-electron chi connectivity index (χ3n) is 3.35. The average molecular weight is 313 g/mol. The third-order valence-corrected chi connectivity index (χ3v) is 6.17. The summed E-state index contributed by atoms with van der Waals surface area (Å²) in [4.78, 5) is 1.46. The zero-order valence-corrected chi connectivity index (χ0v) is 12.4. The minimum Gasteiger partial charge on any atom is -0.394 e. The van der Waals surface area contributed by atoms with E-state index in [1.165, 1.54) is 26.3 Å². The maximum Gasteiger partial charge on any atom is 0.246 e. The summed E-state index contributed by atoms with van der Waals surface area (Å²) < 4.78 is 28.0. The number of sulfonamides is 1. The second kappa shape index (κ2) is 5.28. The van der Waals surface area contributed by atoms with Crippen LogP contribution in [0.4, 0.5) is 0 Å². The van der Waals surface area contributed by atoms with Crippen LogP contribution in [0.3, 0.4) is 0 Å². The van der Waals surface area contributed by atoms with Crippen LogP contribution in [0.15, 0.2) is 28.7 Å². The van der Waals surface area contributed by atoms with Gasteiger partial charge in [0.05, 0.1) is 19.3 Å². The molecule has 20 heavy (non-hydrogen) atoms. The van der Waals surface area contributed by atoms with Crippen molar-refractivity contribution in [2.45, 2.75) is 24.4 Å². The highest BCUT2D eigenvalue weighted by Gasteiger charge is 2.29. The van der Waals surface area contributed by atoms with Gasteiger partial charge in [0, 0.05) is 24.2 Å². The van der Waals surface area contributed by atoms with Crippen molar-refractivity contribution in [3.63, 3.8) is 0 Å². The molecule has 2 aromatic rings. The van der Waals surface area contributed by atoms with Crippen molar-refractivity contribution < 1.29 is 13.5 Å². The second-order valence-electron chi connectivity index (χ2n) is 4.62. The van der Waals surface area contributed by atoms with Gasteiger partial charge in [-0.05, 0) is 23.4 Å². The normalized spacial score (nSPS) is 16.2. The monoisotopic (exact) mass is 313 g/mol. The standard InChI is InChI=1S/C12H15N3O3S2/c16-5-4-14-9-11(7-13-14)20(17,18)15-3-1-12-10(8-15)2-6-19-12/h2,6-7,9,16H,1,3-5,8H2. The van der Waals surface area contributed by atoms with Crippen molar-refractivity contribution in [2.24, 2.45) is 0 Å². The molecule has 0 amide bonds. The molecular formula is C12H15N3O3S2. The Morgan fingerprint density at radius 2 is 2.30 bits per heavy atom. The minimum atomic E-state index is -3.51. The van der Waals surface area contributed by atoms with Gasteiger partial charge in [-0.1, -0.05) is 0 Å². The zero-order valence-electron chi connectivity index (χ0n) is 10.8. The van der Waals surface area contributed by atoms with E-state index in [9.17, 15) is 8.42 Å². The Bertz CT molecular complexity index is 705. The molecule has 3 heterocycles. The van der Waals surface area contributed by atoms with Crippen molar-refractivity contribution in [2.75, 3.05) is 13.2 Å². The van der Waals surface area contributed by atoms with Gasteiger partial charge < -0.3 is 5.11 Å². The van der Waals surface area contributed by atoms with Gasteiger partial charge in [-0.25, -0.2) is 8.42 Å². The molecule has 0 unspecified atom stereocenters. The smallest absolute Gasteiger partial charge is 0.246 e. The van der Waals surface area contributed by atoms with Gasteiger partial charge in [-0.3, -0.25) is 4.68 Å². The van der Waals surface area contributed by atoms with E-state index >= 15 is 0 Å². The Kier molecular flexibility index (Phi) is 3.63. The van der Waals surface area contributed by atoms with Crippen LogP contribution >= 0.6 is 11.3 Å². The largest absolute Gasteiger partial charge is 0.394 e. The van der Waals surface area contributed by atoms with E-state index in [4.69, 9.17) is 5.11 Å². The Balaban J connectivity index is 1.85. The Morgan fingerprint density at radius 3 is 3.10 bits per heavy atom. The zero-order chi connectivity index (χ0) is 14.2. The van der Waals surface area contributed by atoms with E-state index in [1.54, 1.807) is 11.3 Å². The topological polar surface area (TPSA) is 75.4 Å². The molecule has 2 aromatic heterocycles. The lowest BCUT2D eigenvalue weighted by Gasteiger charge is -2.25. The summed E-state index contributed by atoms with van der Waals surface area (Å²) in [5.74, 6) is 0. The Labute approximate surface area is 121 Å². The highest BCUT2D eigenvalue weighted by Crippen LogP contribution is 2.27. The number of aliphatic hydroxyl groups excluding tert-OH is 1. The molecule has 1 aliphatic heterocycles. The van der Waals surface area contributed by atoms with Crippen LogP contribution in [0.1, 0.15) is 10.4 Å². The maximum absolute atomic E-state index is 12.5. The maximum atomic E-state index is 12.5. The molecule has 108 valence electrons. The van der Waals surface area contributed by atoms with Gasteiger partial charge in [0.25, 0.3) is 0 Å². The molecule has 8 heteroatoms. The molecule has 0 aliphatic carbocycles. The van der Waals surface area contributed by atoms with Gasteiger partial charge in [-0.2, -0.15) is 9.40 Å². The van der Waals surface area contributed by atoms with Crippen molar-refractivity contribution in [3.8, 4) is 0 Å². The van der Waals surface area contributed by atoms with Gasteiger partial charge >= 0.3 is 0 Å². The van der Waals surface area contributed by atoms with Gasteiger partial charge in [0.15, 0.2) is 0 Å². The molecule has 1 aliphatic rings. The fourth-order valence-electron chi connectivity index (χ4n) is 2.28. The number of nitrogens with zero attached hydrogens (tertiary/aromatic N) is 3. The summed E-state index contributed by atoms with van der Waals surface area (Å²) in [6.07, 6.45) is 3.57. The lowest BCUT2D eigenvalue weighted by atomic mass is 10.1. The minimum absolute atomic E-state index is 0.0663. The van der Waals surface area contributed by atoms with E-state index in [-0.39, 0.29) is 11.5 Å². The fraction of sp³-hybridized carbons (Fsp3) is 0.417. The van der Waals surface area contributed by atoms with Crippen LogP contribution < -0.4 is 0 Å². The molecule has 0 atom stereocenters. The molecule has 0 radical (unpaired) electrons. The molecule has 0 saturated heterocycles. The van der Waals surface area contributed by atoms with Crippen LogP contribution in [-0.4, -0.2) is 40.8 Å². The summed E-state index contributed by atoms with van der Waals surface area (Å²) in [7, 11) is -3.51. The van der Waals surface area contributed by atoms with Gasteiger partial charge in [0.1, 0.15) is 4.90 Å². The molecule has 0 aromatic carbocycles. The van der Waals surface area contributed by atoms with Gasteiger partial charge in [0.2, 0.25) is 10.0 Å². The summed E-state index contributed by atoms with van der Waals surface area (Å²) in [6.45, 7) is 1.15. The van der Waals surface area contributed by atoms with Gasteiger partial charge in [-0.15, -0.1) is 11.3 Å². The molecule has 1 N–H and O–H groups in total. The first-order valence-electron chi connectivity index (χ1n) is 6.30. The molecule has 0 saturated carbocycles. The summed E-state index contributed by atoms with van der Waals surface area (Å²) in [5, 5.41) is 14.8. The van der Waals surface area contributed by atoms with Crippen LogP contribution in [0.5, 0.6) is 0 Å². The molecular weight excluding hydrogens is 298 g/mol. The Hall–Kier alpha value is -1.22. The van der Waals surface area contributed by atoms with Crippen LogP contribution in [-0.2, 0) is 29.5 Å². The fourth-order valence-corrected chi connectivity index (χ4v) is 4.54. The predicted molar refractivity (Wildman–Crippen MR) is 74.9 cm³/mol. The number of hydrogen-bond acceptors (Lipinski definition) is 5. The quantitative estimate of drug-likeness (QED) is 0.901. The van der Waals surface area contributed by atoms with E-state index in [0.29, 0.717) is 19.6 Å². The first-order valence-corrected chi connectivity index (χ1v) is 8.62. The van der Waals surface area contributed by atoms with E-state index in [2.05, 4.69) is 5.10 Å². The molecule has 3 rings (SSSR count). The number of aliphatic hydroxyl groups is 1. The SMILES string of the molecule is O=S(=O)(c1cnn(CCO)c1)N1CCc2sccc2C1. The van der Waals surface area contributed by atoms with Crippen LogP contribution in [0.2, 0.25) is 0 Å². The number of hydrogen-bond donors (Lipinski definition) is 1. The lowest BCUT2D eigenvalue weighted by Crippen LogP contribution is -2.35. The molecule has 0 spiro atoms. The van der Waals surface area contributed by atoms with E-state index < -0.39 is 10.0 Å². The lowest BCUT2D eigenvalue weighted by molar-refractivity contribution is 0.269. The van der Waals surface area contributed by atoms with Crippen molar-refractivity contribution >= 4 is 21.4 Å². The Morgan fingerprint density at radius 1 is 1.45 bits per heavy atom. The number of aromatic nitrogens is 2. The van der Waals surface area contributed by atoms with Crippen molar-refractivity contribution in [3.05, 3.63) is 34.3 Å². The highest BCUT2D eigenvalue weighted by molar-refractivity contribution is 7.89. The molecule has 0 bridgehead atoms. The van der Waals surface area contributed by atoms with Crippen molar-refractivity contribution in [1.82, 2.24) is 14.1 Å². The second-order valence-corrected chi connectivity index (χ2v) is 7.56. The first-order chi connectivity index (χ1) is 9.61. The highest BCUT2D eigenvalue weighted by atomic mass is 32.2. The predicted octanol–water partition coefficient (Wildman–Crippen LogP) is 0.684. The summed E-state index contributed by atoms with van der Waals surface area (Å²) in [5.41, 5.74) is 1.09. The first kappa shape index (κ1) is 13.7. The van der Waals surface area contributed by atoms with Crippen LogP contribution in [0.25, 0.3) is 0 Å². The molecule has 6 nitrogen and oxygen atoms in total. The number of thiophene rings is 1. The summed E-state index contributed by atoms with van der Waals surface area (Å²) >= 11 is 1.68. The average Bonchev–Trinajstić information content (AvgIpc) is 3.06. The van der Waals surface area contributed by atoms with E-state index in [0.717, 1.165) is 12.0 Å². The van der Waals surface area contributed by atoms with Crippen molar-refractivity contribution in [1.29, 1.82) is 0 Å². The van der Waals surface area contributed by atoms with E-state index in [1.807, 2.05) is 11.4 Å². The number of rotatable bonds is 4. The third kappa shape index (κ3) is 2.39. The molecule has 0 fully saturated rings. The summed E-state index contributed by atoms with van der Waals surface area (Å²) in [6, 6.07) is 1.98.